The van der Waals surface area contributed by atoms with Gasteiger partial charge < -0.3 is 26.3 Å². The largest absolute Gasteiger partial charge is 0.480 e. The molecule has 1 amide bonds. The highest BCUT2D eigenvalue weighted by atomic mass is 16.4. The Kier molecular flexibility index (Phi) is 4.91. The van der Waals surface area contributed by atoms with E-state index in [1.807, 2.05) is 0 Å². The molecule has 0 aliphatic carbocycles. The van der Waals surface area contributed by atoms with Gasteiger partial charge in [-0.05, 0) is 36.2 Å². The van der Waals surface area contributed by atoms with Gasteiger partial charge in [-0.2, -0.15) is 0 Å². The van der Waals surface area contributed by atoms with Gasteiger partial charge in [0.15, 0.2) is 5.76 Å². The number of benzene rings is 2. The first-order valence-electron chi connectivity index (χ1n) is 8.09. The lowest BCUT2D eigenvalue weighted by molar-refractivity contribution is -0.138. The van der Waals surface area contributed by atoms with Crippen molar-refractivity contribution in [2.75, 3.05) is 5.32 Å². The molecule has 2 aromatic carbocycles. The third-order valence-electron chi connectivity index (χ3n) is 4.10. The van der Waals surface area contributed by atoms with Crippen molar-refractivity contribution in [3.05, 3.63) is 65.6 Å². The van der Waals surface area contributed by atoms with E-state index in [4.69, 9.17) is 26.4 Å². The molecule has 0 aliphatic heterocycles. The summed E-state index contributed by atoms with van der Waals surface area (Å²) in [5.41, 5.74) is 12.8. The Hall–Kier alpha value is -3.65. The maximum absolute atomic E-state index is 12.5. The summed E-state index contributed by atoms with van der Waals surface area (Å²) in [6.45, 7) is 0. The Morgan fingerprint density at radius 3 is 2.52 bits per heavy atom. The minimum atomic E-state index is -1.06. The van der Waals surface area contributed by atoms with Crippen LogP contribution in [0, 0.1) is 5.41 Å². The SMILES string of the molecule is N=C(N)c1ccc2c(C(=O)Nc3ccc(C[C@H](N)C(=O)O)cc3)occ2c1. The van der Waals surface area contributed by atoms with Crippen molar-refractivity contribution in [1.82, 2.24) is 0 Å². The normalized spacial score (nSPS) is 11.9. The number of amidine groups is 1. The van der Waals surface area contributed by atoms with Crippen molar-refractivity contribution in [2.24, 2.45) is 11.5 Å². The Labute approximate surface area is 154 Å². The predicted octanol–water partition coefficient (Wildman–Crippen LogP) is 1.92. The van der Waals surface area contributed by atoms with Crippen LogP contribution in [-0.2, 0) is 11.2 Å². The van der Waals surface area contributed by atoms with Gasteiger partial charge in [0.25, 0.3) is 5.91 Å². The maximum atomic E-state index is 12.5. The Morgan fingerprint density at radius 2 is 1.89 bits per heavy atom. The number of fused-ring (bicyclic) bond motifs is 1. The van der Waals surface area contributed by atoms with Gasteiger partial charge in [0.05, 0.1) is 6.26 Å². The van der Waals surface area contributed by atoms with Crippen molar-refractivity contribution in [3.8, 4) is 0 Å². The highest BCUT2D eigenvalue weighted by Crippen LogP contribution is 2.23. The Morgan fingerprint density at radius 1 is 1.19 bits per heavy atom. The molecule has 8 heteroatoms. The number of anilines is 1. The number of carbonyl (C=O) groups is 2. The van der Waals surface area contributed by atoms with Crippen LogP contribution in [-0.4, -0.2) is 28.9 Å². The fraction of sp³-hybridized carbons (Fsp3) is 0.105. The number of hydrogen-bond acceptors (Lipinski definition) is 5. The number of carbonyl (C=O) groups excluding carboxylic acids is 1. The lowest BCUT2D eigenvalue weighted by Crippen LogP contribution is -2.32. The number of nitrogens with two attached hydrogens (primary N) is 2. The number of carboxylic acids is 1. The zero-order chi connectivity index (χ0) is 19.6. The standard InChI is InChI=1S/C19H18N4O4/c20-15(19(25)26)7-10-1-4-13(5-2-10)23-18(24)16-14-6-3-11(17(21)22)8-12(14)9-27-16/h1-6,8-9,15H,7,20H2,(H3,21,22)(H,23,24)(H,25,26)/t15-/m0/s1. The molecule has 0 aliphatic rings. The molecule has 3 rings (SSSR count). The minimum Gasteiger partial charge on any atom is -0.480 e. The summed E-state index contributed by atoms with van der Waals surface area (Å²) >= 11 is 0. The number of carboxylic acid groups (broad SMARTS) is 1. The van der Waals surface area contributed by atoms with Crippen LogP contribution in [0.2, 0.25) is 0 Å². The minimum absolute atomic E-state index is 0.0631. The van der Waals surface area contributed by atoms with E-state index in [9.17, 15) is 9.59 Å². The van der Waals surface area contributed by atoms with Crippen molar-refractivity contribution >= 4 is 34.2 Å². The monoisotopic (exact) mass is 366 g/mol. The van der Waals surface area contributed by atoms with Gasteiger partial charge in [0.2, 0.25) is 0 Å². The van der Waals surface area contributed by atoms with E-state index in [0.717, 1.165) is 5.56 Å². The topological polar surface area (TPSA) is 155 Å². The molecule has 3 aromatic rings. The molecule has 0 saturated heterocycles. The predicted molar refractivity (Wildman–Crippen MR) is 101 cm³/mol. The van der Waals surface area contributed by atoms with Crippen LogP contribution in [0.5, 0.6) is 0 Å². The van der Waals surface area contributed by atoms with Gasteiger partial charge in [-0.25, -0.2) is 0 Å². The van der Waals surface area contributed by atoms with Crippen LogP contribution in [0.3, 0.4) is 0 Å². The number of rotatable bonds is 6. The number of aliphatic carboxylic acids is 1. The highest BCUT2D eigenvalue weighted by molar-refractivity contribution is 6.12. The molecule has 0 bridgehead atoms. The third kappa shape index (κ3) is 3.96. The first kappa shape index (κ1) is 18.2. The molecule has 138 valence electrons. The number of amides is 1. The van der Waals surface area contributed by atoms with Crippen LogP contribution in [0.4, 0.5) is 5.69 Å². The van der Waals surface area contributed by atoms with E-state index in [2.05, 4.69) is 5.32 Å². The fourth-order valence-electron chi connectivity index (χ4n) is 2.65. The highest BCUT2D eigenvalue weighted by Gasteiger charge is 2.16. The smallest absolute Gasteiger partial charge is 0.320 e. The molecular formula is C19H18N4O4. The van der Waals surface area contributed by atoms with Crippen molar-refractivity contribution in [3.63, 3.8) is 0 Å². The van der Waals surface area contributed by atoms with E-state index in [1.54, 1.807) is 42.5 Å². The molecule has 8 nitrogen and oxygen atoms in total. The van der Waals surface area contributed by atoms with E-state index >= 15 is 0 Å². The molecule has 0 radical (unpaired) electrons. The number of hydrogen-bond donors (Lipinski definition) is 5. The average Bonchev–Trinajstić information content (AvgIpc) is 3.06. The zero-order valence-electron chi connectivity index (χ0n) is 14.2. The van der Waals surface area contributed by atoms with Crippen LogP contribution in [0.1, 0.15) is 21.7 Å². The van der Waals surface area contributed by atoms with Crippen molar-refractivity contribution < 1.29 is 19.1 Å². The molecule has 0 fully saturated rings. The van der Waals surface area contributed by atoms with Crippen molar-refractivity contribution in [1.29, 1.82) is 5.41 Å². The molecule has 0 spiro atoms. The van der Waals surface area contributed by atoms with Crippen LogP contribution < -0.4 is 16.8 Å². The summed E-state index contributed by atoms with van der Waals surface area (Å²) in [4.78, 5) is 23.3. The number of nitrogens with one attached hydrogen (secondary N) is 2. The summed E-state index contributed by atoms with van der Waals surface area (Å²) in [5.74, 6) is -1.40. The van der Waals surface area contributed by atoms with Crippen molar-refractivity contribution in [2.45, 2.75) is 12.5 Å². The molecule has 0 saturated carbocycles. The van der Waals surface area contributed by atoms with Gasteiger partial charge in [0.1, 0.15) is 11.9 Å². The van der Waals surface area contributed by atoms with E-state index < -0.39 is 17.9 Å². The maximum Gasteiger partial charge on any atom is 0.320 e. The second-order valence-corrected chi connectivity index (χ2v) is 6.08. The lowest BCUT2D eigenvalue weighted by Gasteiger charge is -2.08. The van der Waals surface area contributed by atoms with Crippen LogP contribution >= 0.6 is 0 Å². The molecule has 7 N–H and O–H groups in total. The summed E-state index contributed by atoms with van der Waals surface area (Å²) < 4.78 is 5.38. The Bertz CT molecular complexity index is 1020. The van der Waals surface area contributed by atoms with Gasteiger partial charge in [0, 0.05) is 22.0 Å². The van der Waals surface area contributed by atoms with Crippen LogP contribution in [0.25, 0.3) is 10.8 Å². The van der Waals surface area contributed by atoms with E-state index in [1.165, 1.54) is 6.26 Å². The molecular weight excluding hydrogens is 348 g/mol. The summed E-state index contributed by atoms with van der Waals surface area (Å²) in [6.07, 6.45) is 1.64. The Balaban J connectivity index is 1.74. The number of nitrogen functional groups attached to an aromatic ring is 1. The summed E-state index contributed by atoms with van der Waals surface area (Å²) in [6, 6.07) is 10.8. The zero-order valence-corrected chi connectivity index (χ0v) is 14.2. The summed E-state index contributed by atoms with van der Waals surface area (Å²) in [5, 5.41) is 20.3. The van der Waals surface area contributed by atoms with E-state index in [0.29, 0.717) is 22.0 Å². The molecule has 0 unspecified atom stereocenters. The fourth-order valence-corrected chi connectivity index (χ4v) is 2.65. The number of furan rings is 1. The van der Waals surface area contributed by atoms with Gasteiger partial charge in [-0.1, -0.05) is 18.2 Å². The van der Waals surface area contributed by atoms with E-state index in [-0.39, 0.29) is 18.0 Å². The average molecular weight is 366 g/mol. The quantitative estimate of drug-likeness (QED) is 0.331. The summed E-state index contributed by atoms with van der Waals surface area (Å²) in [7, 11) is 0. The van der Waals surface area contributed by atoms with Gasteiger partial charge >= 0.3 is 5.97 Å². The second-order valence-electron chi connectivity index (χ2n) is 6.08. The third-order valence-corrected chi connectivity index (χ3v) is 4.10. The molecule has 1 heterocycles. The molecule has 1 atom stereocenters. The lowest BCUT2D eigenvalue weighted by atomic mass is 10.1. The van der Waals surface area contributed by atoms with Crippen LogP contribution in [0.15, 0.2) is 53.1 Å². The van der Waals surface area contributed by atoms with Gasteiger partial charge in [-0.3, -0.25) is 15.0 Å². The first-order valence-corrected chi connectivity index (χ1v) is 8.09. The second kappa shape index (κ2) is 7.30. The first-order chi connectivity index (χ1) is 12.8. The van der Waals surface area contributed by atoms with Gasteiger partial charge in [-0.15, -0.1) is 0 Å². The molecule has 27 heavy (non-hydrogen) atoms. The molecule has 1 aromatic heterocycles.